The standard InChI is InChI=1S/C21H31N5O2/c1-13(2)18-11-16(17-12-22-26(14(3)4)19(17)23-18)21(28)25-9-7-15(8-10-25)20(27)24(5)6/h11-15H,7-10H2,1-6H3. The Bertz CT molecular complexity index is 876. The first kappa shape index (κ1) is 20.3. The molecule has 0 aliphatic carbocycles. The zero-order valence-corrected chi connectivity index (χ0v) is 17.8. The van der Waals surface area contributed by atoms with Crippen LogP contribution in [-0.2, 0) is 4.79 Å². The Kier molecular flexibility index (Phi) is 5.72. The van der Waals surface area contributed by atoms with Crippen molar-refractivity contribution in [2.75, 3.05) is 27.2 Å². The van der Waals surface area contributed by atoms with E-state index in [0.29, 0.717) is 31.5 Å². The minimum absolute atomic E-state index is 0.00595. The highest BCUT2D eigenvalue weighted by atomic mass is 16.2. The summed E-state index contributed by atoms with van der Waals surface area (Å²) in [6.07, 6.45) is 3.17. The minimum atomic E-state index is 0.00595. The number of likely N-dealkylation sites (tertiary alicyclic amines) is 1. The van der Waals surface area contributed by atoms with Crippen LogP contribution >= 0.6 is 0 Å². The maximum absolute atomic E-state index is 13.3. The van der Waals surface area contributed by atoms with Crippen LogP contribution in [0.4, 0.5) is 0 Å². The molecular formula is C21H31N5O2. The fraction of sp³-hybridized carbons (Fsp3) is 0.619. The van der Waals surface area contributed by atoms with Gasteiger partial charge in [0.2, 0.25) is 5.91 Å². The van der Waals surface area contributed by atoms with Crippen molar-refractivity contribution in [3.05, 3.63) is 23.5 Å². The van der Waals surface area contributed by atoms with Crippen molar-refractivity contribution in [3.8, 4) is 0 Å². The molecule has 7 nitrogen and oxygen atoms in total. The lowest BCUT2D eigenvalue weighted by Gasteiger charge is -2.32. The van der Waals surface area contributed by atoms with Crippen molar-refractivity contribution in [2.45, 2.75) is 52.5 Å². The Hall–Kier alpha value is -2.44. The van der Waals surface area contributed by atoms with Crippen LogP contribution in [0, 0.1) is 5.92 Å². The minimum Gasteiger partial charge on any atom is -0.349 e. The van der Waals surface area contributed by atoms with Gasteiger partial charge in [0, 0.05) is 44.8 Å². The Morgan fingerprint density at radius 2 is 1.79 bits per heavy atom. The van der Waals surface area contributed by atoms with E-state index in [0.717, 1.165) is 16.7 Å². The third-order valence-electron chi connectivity index (χ3n) is 5.47. The van der Waals surface area contributed by atoms with Gasteiger partial charge in [-0.15, -0.1) is 0 Å². The van der Waals surface area contributed by atoms with Crippen LogP contribution in [0.2, 0.25) is 0 Å². The molecule has 2 aromatic heterocycles. The van der Waals surface area contributed by atoms with Gasteiger partial charge in [0.15, 0.2) is 5.65 Å². The molecule has 2 amide bonds. The molecule has 0 saturated carbocycles. The van der Waals surface area contributed by atoms with Crippen LogP contribution in [0.5, 0.6) is 0 Å². The summed E-state index contributed by atoms with van der Waals surface area (Å²) in [5, 5.41) is 5.27. The number of carbonyl (C=O) groups excluding carboxylic acids is 2. The van der Waals surface area contributed by atoms with Crippen molar-refractivity contribution < 1.29 is 9.59 Å². The SMILES string of the molecule is CC(C)c1cc(C(=O)N2CCC(C(=O)N(C)C)CC2)c2cnn(C(C)C)c2n1. The van der Waals surface area contributed by atoms with Crippen molar-refractivity contribution in [1.82, 2.24) is 24.6 Å². The van der Waals surface area contributed by atoms with Gasteiger partial charge in [-0.1, -0.05) is 13.8 Å². The van der Waals surface area contributed by atoms with E-state index < -0.39 is 0 Å². The summed E-state index contributed by atoms with van der Waals surface area (Å²) < 4.78 is 1.87. The molecule has 0 aromatic carbocycles. The molecular weight excluding hydrogens is 354 g/mol. The number of fused-ring (bicyclic) bond motifs is 1. The average molecular weight is 386 g/mol. The molecule has 1 saturated heterocycles. The van der Waals surface area contributed by atoms with Crippen LogP contribution in [0.1, 0.15) is 68.5 Å². The first-order valence-electron chi connectivity index (χ1n) is 10.1. The number of nitrogens with zero attached hydrogens (tertiary/aromatic N) is 5. The van der Waals surface area contributed by atoms with Gasteiger partial charge < -0.3 is 9.80 Å². The van der Waals surface area contributed by atoms with E-state index in [1.165, 1.54) is 0 Å². The molecule has 2 aromatic rings. The van der Waals surface area contributed by atoms with Gasteiger partial charge in [0.1, 0.15) is 0 Å². The summed E-state index contributed by atoms with van der Waals surface area (Å²) in [6.45, 7) is 9.48. The number of pyridine rings is 1. The summed E-state index contributed by atoms with van der Waals surface area (Å²) in [6, 6.07) is 2.09. The number of carbonyl (C=O) groups is 2. The van der Waals surface area contributed by atoms with Crippen LogP contribution < -0.4 is 0 Å². The van der Waals surface area contributed by atoms with E-state index in [4.69, 9.17) is 4.98 Å². The number of rotatable bonds is 4. The number of hydrogen-bond donors (Lipinski definition) is 0. The molecule has 3 rings (SSSR count). The monoisotopic (exact) mass is 385 g/mol. The lowest BCUT2D eigenvalue weighted by atomic mass is 9.94. The van der Waals surface area contributed by atoms with Gasteiger partial charge in [-0.05, 0) is 38.7 Å². The maximum atomic E-state index is 13.3. The molecule has 1 aliphatic rings. The molecule has 152 valence electrons. The molecule has 28 heavy (non-hydrogen) atoms. The highest BCUT2D eigenvalue weighted by molar-refractivity contribution is 6.05. The van der Waals surface area contributed by atoms with E-state index >= 15 is 0 Å². The van der Waals surface area contributed by atoms with Crippen LogP contribution in [-0.4, -0.2) is 63.6 Å². The molecule has 3 heterocycles. The Morgan fingerprint density at radius 3 is 2.32 bits per heavy atom. The van der Waals surface area contributed by atoms with Gasteiger partial charge in [-0.25, -0.2) is 9.67 Å². The number of hydrogen-bond acceptors (Lipinski definition) is 4. The zero-order chi connectivity index (χ0) is 20.6. The molecule has 0 spiro atoms. The van der Waals surface area contributed by atoms with E-state index in [1.54, 1.807) is 25.2 Å². The number of piperidine rings is 1. The number of aromatic nitrogens is 3. The van der Waals surface area contributed by atoms with E-state index in [-0.39, 0.29) is 29.7 Å². The molecule has 1 aliphatic heterocycles. The second-order valence-corrected chi connectivity index (χ2v) is 8.47. The maximum Gasteiger partial charge on any atom is 0.254 e. The topological polar surface area (TPSA) is 71.3 Å². The van der Waals surface area contributed by atoms with Gasteiger partial charge in [-0.2, -0.15) is 5.10 Å². The highest BCUT2D eigenvalue weighted by Crippen LogP contribution is 2.27. The summed E-state index contributed by atoms with van der Waals surface area (Å²) in [5.41, 5.74) is 2.33. The molecule has 0 N–H and O–H groups in total. The van der Waals surface area contributed by atoms with Crippen molar-refractivity contribution >= 4 is 22.8 Å². The van der Waals surface area contributed by atoms with Crippen LogP contribution in [0.15, 0.2) is 12.3 Å². The highest BCUT2D eigenvalue weighted by Gasteiger charge is 2.30. The fourth-order valence-electron chi connectivity index (χ4n) is 3.75. The predicted octanol–water partition coefficient (Wildman–Crippen LogP) is 3.08. The fourth-order valence-corrected chi connectivity index (χ4v) is 3.75. The number of amides is 2. The van der Waals surface area contributed by atoms with Crippen molar-refractivity contribution in [2.24, 2.45) is 5.92 Å². The Labute approximate surface area is 166 Å². The summed E-state index contributed by atoms with van der Waals surface area (Å²) in [4.78, 5) is 33.8. The van der Waals surface area contributed by atoms with Gasteiger partial charge in [0.25, 0.3) is 5.91 Å². The second kappa shape index (κ2) is 7.89. The molecule has 0 unspecified atom stereocenters. The molecule has 0 bridgehead atoms. The normalized spacial score (nSPS) is 15.6. The summed E-state index contributed by atoms with van der Waals surface area (Å²) in [7, 11) is 3.57. The summed E-state index contributed by atoms with van der Waals surface area (Å²) >= 11 is 0. The average Bonchev–Trinajstić information content (AvgIpc) is 3.10. The Morgan fingerprint density at radius 1 is 1.14 bits per heavy atom. The lowest BCUT2D eigenvalue weighted by molar-refractivity contribution is -0.134. The quantitative estimate of drug-likeness (QED) is 0.811. The lowest BCUT2D eigenvalue weighted by Crippen LogP contribution is -2.42. The largest absolute Gasteiger partial charge is 0.349 e. The first-order chi connectivity index (χ1) is 13.2. The van der Waals surface area contributed by atoms with Crippen LogP contribution in [0.3, 0.4) is 0 Å². The van der Waals surface area contributed by atoms with E-state index in [9.17, 15) is 9.59 Å². The van der Waals surface area contributed by atoms with Gasteiger partial charge in [-0.3, -0.25) is 9.59 Å². The van der Waals surface area contributed by atoms with Crippen molar-refractivity contribution in [1.29, 1.82) is 0 Å². The van der Waals surface area contributed by atoms with Crippen LogP contribution in [0.25, 0.3) is 11.0 Å². The predicted molar refractivity (Wildman–Crippen MR) is 109 cm³/mol. The Balaban J connectivity index is 1.91. The zero-order valence-electron chi connectivity index (χ0n) is 17.8. The second-order valence-electron chi connectivity index (χ2n) is 8.47. The molecule has 1 fully saturated rings. The third-order valence-corrected chi connectivity index (χ3v) is 5.47. The summed E-state index contributed by atoms with van der Waals surface area (Å²) in [5.74, 6) is 0.383. The van der Waals surface area contributed by atoms with E-state index in [2.05, 4.69) is 32.8 Å². The van der Waals surface area contributed by atoms with Crippen molar-refractivity contribution in [3.63, 3.8) is 0 Å². The molecule has 7 heteroatoms. The first-order valence-corrected chi connectivity index (χ1v) is 10.1. The third kappa shape index (κ3) is 3.75. The molecule has 0 atom stereocenters. The van der Waals surface area contributed by atoms with E-state index in [1.807, 2.05) is 15.6 Å². The molecule has 0 radical (unpaired) electrons. The smallest absolute Gasteiger partial charge is 0.254 e. The van der Waals surface area contributed by atoms with Gasteiger partial charge in [0.05, 0.1) is 17.1 Å². The van der Waals surface area contributed by atoms with Gasteiger partial charge >= 0.3 is 0 Å².